The van der Waals surface area contributed by atoms with Crippen molar-refractivity contribution in [1.82, 2.24) is 0 Å². The SMILES string of the molecule is NC(=O)OCSSCOC(N)=O.[Na+]. The molecule has 4 N–H and O–H groups in total. The van der Waals surface area contributed by atoms with Crippen LogP contribution in [-0.4, -0.2) is 24.1 Å². The molecule has 0 aromatic heterocycles. The summed E-state index contributed by atoms with van der Waals surface area (Å²) in [5.41, 5.74) is 9.33. The molecule has 0 radical (unpaired) electrons. The van der Waals surface area contributed by atoms with E-state index < -0.39 is 12.2 Å². The Balaban J connectivity index is 0. The molecule has 0 aliphatic carbocycles. The smallest absolute Gasteiger partial charge is 0.438 e. The first-order valence-corrected chi connectivity index (χ1v) is 5.20. The summed E-state index contributed by atoms with van der Waals surface area (Å²) < 4.78 is 8.72. The minimum absolute atomic E-state index is 0. The second-order valence-electron chi connectivity index (χ2n) is 1.40. The fourth-order valence-electron chi connectivity index (χ4n) is 0.232. The molecule has 2 amide bonds. The summed E-state index contributed by atoms with van der Waals surface area (Å²) in [7, 11) is 2.37. The van der Waals surface area contributed by atoms with Crippen molar-refractivity contribution in [2.24, 2.45) is 11.5 Å². The Morgan fingerprint density at radius 2 is 1.31 bits per heavy atom. The van der Waals surface area contributed by atoms with Gasteiger partial charge in [-0.2, -0.15) is 0 Å². The van der Waals surface area contributed by atoms with Crippen molar-refractivity contribution < 1.29 is 48.6 Å². The van der Waals surface area contributed by atoms with E-state index in [1.165, 1.54) is 21.6 Å². The summed E-state index contributed by atoms with van der Waals surface area (Å²) in [6.07, 6.45) is -1.67. The number of hydrogen-bond donors (Lipinski definition) is 2. The molecule has 0 unspecified atom stereocenters. The summed E-state index contributed by atoms with van der Waals surface area (Å²) in [6, 6.07) is 0. The largest absolute Gasteiger partial charge is 1.00 e. The molecule has 0 aromatic carbocycles. The van der Waals surface area contributed by atoms with Gasteiger partial charge in [-0.3, -0.25) is 0 Å². The van der Waals surface area contributed by atoms with Gasteiger partial charge in [0.05, 0.1) is 0 Å². The third-order valence-electron chi connectivity index (χ3n) is 0.582. The average Bonchev–Trinajstić information content (AvgIpc) is 1.95. The van der Waals surface area contributed by atoms with Crippen molar-refractivity contribution in [3.05, 3.63) is 0 Å². The van der Waals surface area contributed by atoms with Crippen LogP contribution in [0.1, 0.15) is 0 Å². The maximum Gasteiger partial charge on any atom is 1.00 e. The Morgan fingerprint density at radius 1 is 1.00 bits per heavy atom. The summed E-state index contributed by atoms with van der Waals surface area (Å²) >= 11 is 0. The molecule has 0 rings (SSSR count). The van der Waals surface area contributed by atoms with Crippen LogP contribution in [0.25, 0.3) is 0 Å². The first-order valence-electron chi connectivity index (χ1n) is 2.72. The maximum absolute atomic E-state index is 10.0. The first-order chi connectivity index (χ1) is 5.63. The summed E-state index contributed by atoms with van der Waals surface area (Å²) in [5, 5.41) is 0. The minimum atomic E-state index is -0.834. The molecule has 70 valence electrons. The van der Waals surface area contributed by atoms with E-state index in [-0.39, 0.29) is 41.4 Å². The quantitative estimate of drug-likeness (QED) is 0.236. The van der Waals surface area contributed by atoms with Crippen LogP contribution in [0, 0.1) is 0 Å². The number of primary amides is 2. The van der Waals surface area contributed by atoms with Crippen LogP contribution in [0.5, 0.6) is 0 Å². The van der Waals surface area contributed by atoms with E-state index in [0.717, 1.165) is 0 Å². The minimum Gasteiger partial charge on any atom is -0.438 e. The Morgan fingerprint density at radius 3 is 1.54 bits per heavy atom. The zero-order valence-electron chi connectivity index (χ0n) is 7.02. The third-order valence-corrected chi connectivity index (χ3v) is 2.25. The maximum atomic E-state index is 10.0. The van der Waals surface area contributed by atoms with E-state index in [0.29, 0.717) is 0 Å². The Labute approximate surface area is 105 Å². The van der Waals surface area contributed by atoms with Crippen molar-refractivity contribution in [3.63, 3.8) is 0 Å². The molecule has 9 heteroatoms. The fourth-order valence-corrected chi connectivity index (χ4v) is 1.39. The van der Waals surface area contributed by atoms with E-state index in [2.05, 4.69) is 20.9 Å². The molecule has 0 saturated heterocycles. The van der Waals surface area contributed by atoms with Crippen LogP contribution >= 0.6 is 21.6 Å². The Kier molecular flexibility index (Phi) is 12.5. The molecular formula is C4H8N2NaO4S2+. The summed E-state index contributed by atoms with van der Waals surface area (Å²) in [5.74, 6) is 0.226. The third kappa shape index (κ3) is 15.0. The van der Waals surface area contributed by atoms with Gasteiger partial charge >= 0.3 is 41.7 Å². The molecule has 13 heavy (non-hydrogen) atoms. The van der Waals surface area contributed by atoms with Crippen LogP contribution < -0.4 is 41.0 Å². The normalized spacial score (nSPS) is 8.31. The predicted octanol–water partition coefficient (Wildman–Crippen LogP) is -2.52. The van der Waals surface area contributed by atoms with E-state index in [9.17, 15) is 9.59 Å². The number of carbonyl (C=O) groups excluding carboxylic acids is 2. The number of amides is 2. The van der Waals surface area contributed by atoms with E-state index in [1.54, 1.807) is 0 Å². The van der Waals surface area contributed by atoms with E-state index >= 15 is 0 Å². The van der Waals surface area contributed by atoms with Crippen LogP contribution in [0.3, 0.4) is 0 Å². The van der Waals surface area contributed by atoms with Gasteiger partial charge in [-0.1, -0.05) is 0 Å². The van der Waals surface area contributed by atoms with Crippen LogP contribution in [0.2, 0.25) is 0 Å². The van der Waals surface area contributed by atoms with Crippen LogP contribution in [0.15, 0.2) is 0 Å². The number of rotatable bonds is 5. The predicted molar refractivity (Wildman–Crippen MR) is 46.3 cm³/mol. The van der Waals surface area contributed by atoms with Gasteiger partial charge in [0.1, 0.15) is 11.9 Å². The molecule has 0 fully saturated rings. The van der Waals surface area contributed by atoms with Crippen molar-refractivity contribution in [2.45, 2.75) is 0 Å². The Hall–Kier alpha value is 0.240. The van der Waals surface area contributed by atoms with E-state index in [1.807, 2.05) is 0 Å². The monoisotopic (exact) mass is 235 g/mol. The van der Waals surface area contributed by atoms with Gasteiger partial charge in [-0.05, 0) is 21.6 Å². The standard InChI is InChI=1S/C4H8N2O4S2.Na/c5-3(7)9-1-11-12-2-10-4(6)8;/h1-2H2,(H2,5,7)(H2,6,8);/q;+1. The van der Waals surface area contributed by atoms with Crippen LogP contribution in [-0.2, 0) is 9.47 Å². The van der Waals surface area contributed by atoms with Gasteiger partial charge in [0, 0.05) is 0 Å². The molecule has 0 bridgehead atoms. The van der Waals surface area contributed by atoms with Gasteiger partial charge in [0.2, 0.25) is 0 Å². The fraction of sp³-hybridized carbons (Fsp3) is 0.500. The first kappa shape index (κ1) is 15.7. The van der Waals surface area contributed by atoms with Gasteiger partial charge in [0.15, 0.2) is 0 Å². The molecule has 0 atom stereocenters. The molecule has 0 heterocycles. The van der Waals surface area contributed by atoms with Gasteiger partial charge in [-0.25, -0.2) is 9.59 Å². The number of hydrogen-bond acceptors (Lipinski definition) is 6. The van der Waals surface area contributed by atoms with Crippen LogP contribution in [0.4, 0.5) is 9.59 Å². The molecule has 0 spiro atoms. The summed E-state index contributed by atoms with van der Waals surface area (Å²) in [4.78, 5) is 20.0. The number of carbonyl (C=O) groups is 2. The molecule has 0 aliphatic rings. The number of nitrogens with two attached hydrogens (primary N) is 2. The molecule has 0 aromatic rings. The second kappa shape index (κ2) is 10.3. The van der Waals surface area contributed by atoms with Gasteiger partial charge in [-0.15, -0.1) is 0 Å². The van der Waals surface area contributed by atoms with Gasteiger partial charge in [0.25, 0.3) is 0 Å². The molecule has 6 nitrogen and oxygen atoms in total. The topological polar surface area (TPSA) is 105 Å². The molecular weight excluding hydrogens is 227 g/mol. The average molecular weight is 235 g/mol. The zero-order chi connectivity index (χ0) is 9.40. The molecule has 0 saturated carbocycles. The van der Waals surface area contributed by atoms with Gasteiger partial charge < -0.3 is 20.9 Å². The van der Waals surface area contributed by atoms with E-state index in [4.69, 9.17) is 0 Å². The second-order valence-corrected chi connectivity index (χ2v) is 3.76. The van der Waals surface area contributed by atoms with Crippen molar-refractivity contribution in [1.29, 1.82) is 0 Å². The molecule has 0 aliphatic heterocycles. The van der Waals surface area contributed by atoms with Crippen molar-refractivity contribution in [2.75, 3.05) is 11.9 Å². The Bertz CT molecular complexity index is 152. The van der Waals surface area contributed by atoms with Crippen molar-refractivity contribution >= 4 is 33.8 Å². The summed E-state index contributed by atoms with van der Waals surface area (Å²) in [6.45, 7) is 0. The van der Waals surface area contributed by atoms with Crippen molar-refractivity contribution in [3.8, 4) is 0 Å². The number of ether oxygens (including phenoxy) is 2. The zero-order valence-corrected chi connectivity index (χ0v) is 10.7.